The van der Waals surface area contributed by atoms with Crippen LogP contribution in [0.5, 0.6) is 5.75 Å². The zero-order valence-corrected chi connectivity index (χ0v) is 13.3. The van der Waals surface area contributed by atoms with Crippen molar-refractivity contribution in [3.63, 3.8) is 0 Å². The molecular formula is C17H16O7. The first-order valence-electron chi connectivity index (χ1n) is 7.12. The van der Waals surface area contributed by atoms with Crippen molar-refractivity contribution < 1.29 is 33.4 Å². The molecule has 1 aromatic rings. The summed E-state index contributed by atoms with van der Waals surface area (Å²) in [6.07, 6.45) is 1.03. The molecule has 0 fully saturated rings. The lowest BCUT2D eigenvalue weighted by molar-refractivity contribution is -0.145. The Morgan fingerprint density at radius 1 is 1.21 bits per heavy atom. The minimum Gasteiger partial charge on any atom is -0.462 e. The normalized spacial score (nSPS) is 13.1. The summed E-state index contributed by atoms with van der Waals surface area (Å²) in [5, 5.41) is 0. The Hall–Kier alpha value is -2.96. The predicted molar refractivity (Wildman–Crippen MR) is 81.4 cm³/mol. The van der Waals surface area contributed by atoms with Gasteiger partial charge in [0.1, 0.15) is 5.75 Å². The lowest BCUT2D eigenvalue weighted by Crippen LogP contribution is -2.26. The molecule has 1 heterocycles. The minimum atomic E-state index is -0.774. The predicted octanol–water partition coefficient (Wildman–Crippen LogP) is 2.05. The molecule has 1 aromatic carbocycles. The fourth-order valence-corrected chi connectivity index (χ4v) is 2.06. The summed E-state index contributed by atoms with van der Waals surface area (Å²) in [5.41, 5.74) is -0.442. The molecule has 0 radical (unpaired) electrons. The van der Waals surface area contributed by atoms with Crippen LogP contribution >= 0.6 is 0 Å². The summed E-state index contributed by atoms with van der Waals surface area (Å²) >= 11 is 0. The molecule has 2 rings (SSSR count). The van der Waals surface area contributed by atoms with Crippen LogP contribution < -0.4 is 4.74 Å². The van der Waals surface area contributed by atoms with E-state index in [9.17, 15) is 19.2 Å². The van der Waals surface area contributed by atoms with Gasteiger partial charge >= 0.3 is 23.9 Å². The zero-order valence-electron chi connectivity index (χ0n) is 13.3. The summed E-state index contributed by atoms with van der Waals surface area (Å²) in [7, 11) is 0. The maximum absolute atomic E-state index is 12.0. The van der Waals surface area contributed by atoms with E-state index in [0.29, 0.717) is 0 Å². The summed E-state index contributed by atoms with van der Waals surface area (Å²) < 4.78 is 14.6. The number of cyclic esters (lactones) is 2. The van der Waals surface area contributed by atoms with Crippen LogP contribution in [-0.4, -0.2) is 30.5 Å². The molecule has 0 atom stereocenters. The molecule has 0 aliphatic carbocycles. The molecule has 7 heteroatoms. The van der Waals surface area contributed by atoms with Gasteiger partial charge in [-0.25, -0.2) is 14.4 Å². The maximum atomic E-state index is 12.0. The number of carbonyl (C=O) groups is 4. The van der Waals surface area contributed by atoms with E-state index in [1.165, 1.54) is 18.2 Å². The van der Waals surface area contributed by atoms with Crippen LogP contribution in [0.25, 0.3) is 0 Å². The van der Waals surface area contributed by atoms with Crippen molar-refractivity contribution >= 4 is 23.9 Å². The molecule has 0 spiro atoms. The van der Waals surface area contributed by atoms with E-state index >= 15 is 0 Å². The van der Waals surface area contributed by atoms with E-state index in [4.69, 9.17) is 9.47 Å². The van der Waals surface area contributed by atoms with Gasteiger partial charge in [-0.1, -0.05) is 20.4 Å². The second-order valence-corrected chi connectivity index (χ2v) is 6.01. The average molecular weight is 332 g/mol. The van der Waals surface area contributed by atoms with E-state index in [2.05, 4.69) is 11.3 Å². The summed E-state index contributed by atoms with van der Waals surface area (Å²) in [6.45, 7) is 6.79. The van der Waals surface area contributed by atoms with Gasteiger partial charge in [0.15, 0.2) is 0 Å². The van der Waals surface area contributed by atoms with Crippen molar-refractivity contribution in [3.05, 3.63) is 42.0 Å². The number of ether oxygens (including phenoxy) is 3. The van der Waals surface area contributed by atoms with Crippen LogP contribution in [0.15, 0.2) is 30.9 Å². The maximum Gasteiger partial charge on any atom is 0.347 e. The molecule has 126 valence electrons. The van der Waals surface area contributed by atoms with Crippen molar-refractivity contribution in [1.29, 1.82) is 0 Å². The molecular weight excluding hydrogens is 316 g/mol. The molecule has 0 saturated heterocycles. The third kappa shape index (κ3) is 4.07. The first-order valence-corrected chi connectivity index (χ1v) is 7.12. The van der Waals surface area contributed by atoms with Gasteiger partial charge in [-0.3, -0.25) is 4.79 Å². The van der Waals surface area contributed by atoms with Crippen LogP contribution in [0.1, 0.15) is 41.0 Å². The van der Waals surface area contributed by atoms with Crippen molar-refractivity contribution in [2.24, 2.45) is 5.41 Å². The Bertz CT molecular complexity index is 730. The van der Waals surface area contributed by atoms with Gasteiger partial charge in [-0.15, -0.1) is 0 Å². The van der Waals surface area contributed by atoms with E-state index < -0.39 is 29.3 Å². The Morgan fingerprint density at radius 3 is 2.54 bits per heavy atom. The minimum absolute atomic E-state index is 0.0160. The standard InChI is InChI=1S/C17H16O7/c1-4-13(18)22-9-17(2,3)8-14(19)23-10-5-6-11-12(7-10)16(21)24-15(11)20/h4-7H,1,8-9H2,2-3H3. The average Bonchev–Trinajstić information content (AvgIpc) is 2.78. The monoisotopic (exact) mass is 332 g/mol. The number of esters is 4. The Kier molecular flexibility index (Phi) is 4.82. The second kappa shape index (κ2) is 6.66. The molecule has 0 bridgehead atoms. The Balaban J connectivity index is 1.99. The Morgan fingerprint density at radius 2 is 1.88 bits per heavy atom. The molecule has 0 amide bonds. The molecule has 1 aliphatic heterocycles. The van der Waals surface area contributed by atoms with E-state index in [-0.39, 0.29) is 29.9 Å². The SMILES string of the molecule is C=CC(=O)OCC(C)(C)CC(=O)Oc1ccc2c(c1)C(=O)OC2=O. The number of rotatable bonds is 6. The van der Waals surface area contributed by atoms with Crippen LogP contribution in [0.4, 0.5) is 0 Å². The molecule has 24 heavy (non-hydrogen) atoms. The molecule has 0 aromatic heterocycles. The van der Waals surface area contributed by atoms with Gasteiger partial charge in [-0.2, -0.15) is 0 Å². The number of carbonyl (C=O) groups excluding carboxylic acids is 4. The second-order valence-electron chi connectivity index (χ2n) is 6.01. The first-order chi connectivity index (χ1) is 11.2. The summed E-state index contributed by atoms with van der Waals surface area (Å²) in [6, 6.07) is 4.05. The number of hydrogen-bond acceptors (Lipinski definition) is 7. The Labute approximate surface area is 138 Å². The molecule has 0 unspecified atom stereocenters. The number of benzene rings is 1. The van der Waals surface area contributed by atoms with Crippen molar-refractivity contribution in [2.45, 2.75) is 20.3 Å². The van der Waals surface area contributed by atoms with Gasteiger partial charge in [0.2, 0.25) is 0 Å². The van der Waals surface area contributed by atoms with Crippen LogP contribution in [0.3, 0.4) is 0 Å². The third-order valence-corrected chi connectivity index (χ3v) is 3.24. The van der Waals surface area contributed by atoms with E-state index in [1.54, 1.807) is 13.8 Å². The third-order valence-electron chi connectivity index (χ3n) is 3.24. The summed E-state index contributed by atoms with van der Waals surface area (Å²) in [4.78, 5) is 45.9. The van der Waals surface area contributed by atoms with Crippen LogP contribution in [-0.2, 0) is 19.1 Å². The van der Waals surface area contributed by atoms with Gasteiger partial charge < -0.3 is 14.2 Å². The zero-order chi connectivity index (χ0) is 17.9. The molecule has 7 nitrogen and oxygen atoms in total. The van der Waals surface area contributed by atoms with Gasteiger partial charge in [-0.05, 0) is 18.2 Å². The highest BCUT2D eigenvalue weighted by Crippen LogP contribution is 2.26. The topological polar surface area (TPSA) is 96.0 Å². The van der Waals surface area contributed by atoms with Gasteiger partial charge in [0.05, 0.1) is 24.2 Å². The highest BCUT2D eigenvalue weighted by molar-refractivity contribution is 6.14. The van der Waals surface area contributed by atoms with Crippen molar-refractivity contribution in [3.8, 4) is 5.75 Å². The van der Waals surface area contributed by atoms with E-state index in [0.717, 1.165) is 6.08 Å². The van der Waals surface area contributed by atoms with Crippen LogP contribution in [0.2, 0.25) is 0 Å². The largest absolute Gasteiger partial charge is 0.462 e. The first kappa shape index (κ1) is 17.4. The fourth-order valence-electron chi connectivity index (χ4n) is 2.06. The lowest BCUT2D eigenvalue weighted by atomic mass is 9.90. The highest BCUT2D eigenvalue weighted by atomic mass is 16.6. The van der Waals surface area contributed by atoms with E-state index in [1.807, 2.05) is 0 Å². The number of hydrogen-bond donors (Lipinski definition) is 0. The highest BCUT2D eigenvalue weighted by Gasteiger charge is 2.30. The summed E-state index contributed by atoms with van der Waals surface area (Å²) in [5.74, 6) is -2.50. The fraction of sp³-hybridized carbons (Fsp3) is 0.294. The van der Waals surface area contributed by atoms with Gasteiger partial charge in [0.25, 0.3) is 0 Å². The van der Waals surface area contributed by atoms with Crippen LogP contribution in [0, 0.1) is 5.41 Å². The lowest BCUT2D eigenvalue weighted by Gasteiger charge is -2.22. The molecule has 0 saturated carbocycles. The quantitative estimate of drug-likeness (QED) is 0.340. The van der Waals surface area contributed by atoms with Crippen molar-refractivity contribution in [2.75, 3.05) is 6.61 Å². The molecule has 0 N–H and O–H groups in total. The van der Waals surface area contributed by atoms with Crippen molar-refractivity contribution in [1.82, 2.24) is 0 Å². The molecule has 1 aliphatic rings. The van der Waals surface area contributed by atoms with Gasteiger partial charge in [0, 0.05) is 11.5 Å². The smallest absolute Gasteiger partial charge is 0.347 e. The number of fused-ring (bicyclic) bond motifs is 1.